The molecule has 0 aliphatic carbocycles. The predicted molar refractivity (Wildman–Crippen MR) is 120 cm³/mol. The van der Waals surface area contributed by atoms with Crippen LogP contribution in [0.2, 0.25) is 0 Å². The van der Waals surface area contributed by atoms with Crippen molar-refractivity contribution in [2.24, 2.45) is 0 Å². The Morgan fingerprint density at radius 3 is 2.37 bits per heavy atom. The number of hydrogen-bond acceptors (Lipinski definition) is 4. The van der Waals surface area contributed by atoms with Crippen molar-refractivity contribution in [1.29, 1.82) is 0 Å². The molecule has 0 aromatic heterocycles. The maximum absolute atomic E-state index is 13.6. The summed E-state index contributed by atoms with van der Waals surface area (Å²) in [4.78, 5) is 4.83. The lowest BCUT2D eigenvalue weighted by Gasteiger charge is -2.41. The topological polar surface area (TPSA) is 24.9 Å². The third-order valence-corrected chi connectivity index (χ3v) is 5.69. The van der Waals surface area contributed by atoms with Crippen molar-refractivity contribution in [3.8, 4) is 23.3 Å². The van der Waals surface area contributed by atoms with Crippen LogP contribution in [0.3, 0.4) is 0 Å². The summed E-state index contributed by atoms with van der Waals surface area (Å²) < 4.78 is 24.3. The maximum atomic E-state index is 13.6. The van der Waals surface area contributed by atoms with Gasteiger partial charge in [-0.25, -0.2) is 4.39 Å². The molecule has 1 aliphatic rings. The Labute approximate surface area is 179 Å². The van der Waals surface area contributed by atoms with E-state index in [9.17, 15) is 4.39 Å². The summed E-state index contributed by atoms with van der Waals surface area (Å²) in [6.07, 6.45) is 3.07. The van der Waals surface area contributed by atoms with Crippen molar-refractivity contribution in [1.82, 2.24) is 4.90 Å². The number of rotatable bonds is 8. The molecular weight excluding hydrogens is 379 g/mol. The van der Waals surface area contributed by atoms with Crippen molar-refractivity contribution in [2.75, 3.05) is 45.3 Å². The van der Waals surface area contributed by atoms with E-state index in [1.54, 1.807) is 14.2 Å². The van der Waals surface area contributed by atoms with Gasteiger partial charge in [0.2, 0.25) is 0 Å². The molecule has 0 N–H and O–H groups in total. The van der Waals surface area contributed by atoms with E-state index >= 15 is 0 Å². The Morgan fingerprint density at radius 1 is 1.00 bits per heavy atom. The summed E-state index contributed by atoms with van der Waals surface area (Å²) in [6, 6.07) is 13.5. The van der Waals surface area contributed by atoms with Gasteiger partial charge in [0.1, 0.15) is 17.3 Å². The Hall–Kier alpha value is -2.71. The molecule has 1 unspecified atom stereocenters. The summed E-state index contributed by atoms with van der Waals surface area (Å²) in [7, 11) is 3.28. The van der Waals surface area contributed by atoms with E-state index in [0.717, 1.165) is 56.9 Å². The quantitative estimate of drug-likeness (QED) is 0.457. The second-order valence-electron chi connectivity index (χ2n) is 7.45. The van der Waals surface area contributed by atoms with E-state index in [1.165, 1.54) is 17.7 Å². The molecule has 1 heterocycles. The number of hydrogen-bond donors (Lipinski definition) is 0. The van der Waals surface area contributed by atoms with Gasteiger partial charge in [0.15, 0.2) is 0 Å². The highest BCUT2D eigenvalue weighted by atomic mass is 19.1. The van der Waals surface area contributed by atoms with E-state index in [4.69, 9.17) is 9.47 Å². The van der Waals surface area contributed by atoms with Crippen molar-refractivity contribution < 1.29 is 13.9 Å². The molecule has 2 aromatic carbocycles. The Bertz CT molecular complexity index is 865. The number of benzene rings is 2. The second-order valence-corrected chi connectivity index (χ2v) is 7.45. The predicted octanol–water partition coefficient (Wildman–Crippen LogP) is 4.90. The lowest BCUT2D eigenvalue weighted by atomic mass is 9.98. The van der Waals surface area contributed by atoms with Crippen LogP contribution in [-0.2, 0) is 0 Å². The van der Waals surface area contributed by atoms with Gasteiger partial charge in [-0.15, -0.1) is 11.8 Å². The highest BCUT2D eigenvalue weighted by Gasteiger charge is 2.26. The Morgan fingerprint density at radius 2 is 1.73 bits per heavy atom. The van der Waals surface area contributed by atoms with Crippen LogP contribution in [0.25, 0.3) is 0 Å². The molecule has 30 heavy (non-hydrogen) atoms. The first-order valence-corrected chi connectivity index (χ1v) is 10.5. The van der Waals surface area contributed by atoms with Gasteiger partial charge in [-0.2, -0.15) is 0 Å². The monoisotopic (exact) mass is 410 g/mol. The van der Waals surface area contributed by atoms with Gasteiger partial charge in [0.05, 0.1) is 19.9 Å². The number of ether oxygens (including phenoxy) is 2. The van der Waals surface area contributed by atoms with Crippen molar-refractivity contribution in [3.63, 3.8) is 0 Å². The highest BCUT2D eigenvalue weighted by Crippen LogP contribution is 2.33. The minimum absolute atomic E-state index is 0.274. The molecule has 0 amide bonds. The molecule has 1 atom stereocenters. The number of unbranched alkanes of at least 4 members (excludes halogenated alkanes) is 1. The molecule has 0 radical (unpaired) electrons. The van der Waals surface area contributed by atoms with E-state index < -0.39 is 0 Å². The van der Waals surface area contributed by atoms with E-state index in [1.807, 2.05) is 25.1 Å². The van der Waals surface area contributed by atoms with Gasteiger partial charge in [0.25, 0.3) is 0 Å². The summed E-state index contributed by atoms with van der Waals surface area (Å²) in [6.45, 7) is 5.53. The third kappa shape index (κ3) is 5.46. The van der Waals surface area contributed by atoms with Crippen LogP contribution < -0.4 is 14.4 Å². The third-order valence-electron chi connectivity index (χ3n) is 5.69. The minimum atomic E-state index is -0.274. The maximum Gasteiger partial charge on any atom is 0.145 e. The zero-order valence-corrected chi connectivity index (χ0v) is 18.2. The first-order valence-electron chi connectivity index (χ1n) is 10.5. The molecule has 0 spiro atoms. The second kappa shape index (κ2) is 10.9. The SMILES string of the molecule is CC#CCCCC(c1ccc(OC)cc1)N1CCN(c2ccc(F)cc2OC)CC1. The number of anilines is 1. The molecule has 1 aliphatic heterocycles. The zero-order valence-electron chi connectivity index (χ0n) is 18.2. The zero-order chi connectivity index (χ0) is 21.3. The first-order chi connectivity index (χ1) is 14.7. The average molecular weight is 411 g/mol. The van der Waals surface area contributed by atoms with Crippen LogP contribution in [0.15, 0.2) is 42.5 Å². The van der Waals surface area contributed by atoms with Crippen molar-refractivity contribution >= 4 is 5.69 Å². The highest BCUT2D eigenvalue weighted by molar-refractivity contribution is 5.59. The Balaban J connectivity index is 1.71. The summed E-state index contributed by atoms with van der Waals surface area (Å²) >= 11 is 0. The van der Waals surface area contributed by atoms with Gasteiger partial charge >= 0.3 is 0 Å². The lowest BCUT2D eigenvalue weighted by Crippen LogP contribution is -2.47. The van der Waals surface area contributed by atoms with Crippen LogP contribution >= 0.6 is 0 Å². The van der Waals surface area contributed by atoms with Crippen LogP contribution in [0.5, 0.6) is 11.5 Å². The van der Waals surface area contributed by atoms with E-state index in [-0.39, 0.29) is 5.82 Å². The van der Waals surface area contributed by atoms with Crippen molar-refractivity contribution in [2.45, 2.75) is 32.2 Å². The molecule has 0 bridgehead atoms. The van der Waals surface area contributed by atoms with E-state index in [0.29, 0.717) is 11.8 Å². The minimum Gasteiger partial charge on any atom is -0.497 e. The van der Waals surface area contributed by atoms with Crippen LogP contribution in [-0.4, -0.2) is 45.3 Å². The van der Waals surface area contributed by atoms with E-state index in [2.05, 4.69) is 33.8 Å². The normalized spacial score (nSPS) is 15.3. The molecule has 1 fully saturated rings. The van der Waals surface area contributed by atoms with Crippen LogP contribution in [0, 0.1) is 17.7 Å². The molecular formula is C25H31FN2O2. The smallest absolute Gasteiger partial charge is 0.145 e. The van der Waals surface area contributed by atoms with Gasteiger partial charge in [-0.1, -0.05) is 12.1 Å². The van der Waals surface area contributed by atoms with Gasteiger partial charge < -0.3 is 14.4 Å². The summed E-state index contributed by atoms with van der Waals surface area (Å²) in [5.41, 5.74) is 2.27. The fourth-order valence-electron chi connectivity index (χ4n) is 4.08. The lowest BCUT2D eigenvalue weighted by molar-refractivity contribution is 0.174. The number of nitrogens with zero attached hydrogens (tertiary/aromatic N) is 2. The van der Waals surface area contributed by atoms with Crippen molar-refractivity contribution in [3.05, 3.63) is 53.8 Å². The summed E-state index contributed by atoms with van der Waals surface area (Å²) in [5, 5.41) is 0. The van der Waals surface area contributed by atoms with Crippen LogP contribution in [0.4, 0.5) is 10.1 Å². The van der Waals surface area contributed by atoms with Gasteiger partial charge in [0, 0.05) is 44.7 Å². The number of halogens is 1. The molecule has 4 nitrogen and oxygen atoms in total. The largest absolute Gasteiger partial charge is 0.497 e. The summed E-state index contributed by atoms with van der Waals surface area (Å²) in [5.74, 6) is 7.36. The molecule has 3 rings (SSSR count). The fourth-order valence-corrected chi connectivity index (χ4v) is 4.08. The molecule has 5 heteroatoms. The fraction of sp³-hybridized carbons (Fsp3) is 0.440. The average Bonchev–Trinajstić information content (AvgIpc) is 2.79. The molecule has 0 saturated carbocycles. The molecule has 2 aromatic rings. The van der Waals surface area contributed by atoms with Gasteiger partial charge in [-0.3, -0.25) is 4.90 Å². The number of piperazine rings is 1. The standard InChI is InChI=1S/C25H31FN2O2/c1-4-5-6-7-8-23(20-9-12-22(29-2)13-10-20)27-15-17-28(18-16-27)24-14-11-21(26)19-25(24)30-3/h9-14,19,23H,6-8,15-18H2,1-3H3. The first kappa shape index (κ1) is 22.0. The van der Waals surface area contributed by atoms with Gasteiger partial charge in [-0.05, 0) is 49.6 Å². The van der Waals surface area contributed by atoms with Crippen LogP contribution in [0.1, 0.15) is 37.8 Å². The molecule has 1 saturated heterocycles. The molecule has 160 valence electrons. The number of methoxy groups -OCH3 is 2. The Kier molecular flexibility index (Phi) is 7.98.